The van der Waals surface area contributed by atoms with E-state index in [1.165, 1.54) is 0 Å². The molecule has 5 nitrogen and oxygen atoms in total. The van der Waals surface area contributed by atoms with Crippen molar-refractivity contribution in [2.75, 3.05) is 21.3 Å². The highest BCUT2D eigenvalue weighted by Crippen LogP contribution is 2.29. The van der Waals surface area contributed by atoms with Crippen molar-refractivity contribution in [3.8, 4) is 11.5 Å². The fourth-order valence-electron chi connectivity index (χ4n) is 3.10. The zero-order chi connectivity index (χ0) is 18.7. The average molecular weight is 353 g/mol. The quantitative estimate of drug-likeness (QED) is 0.663. The molecule has 0 aliphatic heterocycles. The number of benzene rings is 2. The van der Waals surface area contributed by atoms with Crippen LogP contribution in [0.2, 0.25) is 0 Å². The summed E-state index contributed by atoms with van der Waals surface area (Å²) < 4.78 is 16.5. The minimum Gasteiger partial charge on any atom is -0.497 e. The van der Waals surface area contributed by atoms with E-state index in [2.05, 4.69) is 0 Å². The summed E-state index contributed by atoms with van der Waals surface area (Å²) >= 11 is 0. The number of rotatable bonds is 6. The first kappa shape index (κ1) is 17.9. The van der Waals surface area contributed by atoms with Gasteiger partial charge in [0.15, 0.2) is 0 Å². The predicted molar refractivity (Wildman–Crippen MR) is 101 cm³/mol. The summed E-state index contributed by atoms with van der Waals surface area (Å²) in [6, 6.07) is 13.1. The molecule has 0 saturated heterocycles. The van der Waals surface area contributed by atoms with Crippen molar-refractivity contribution >= 4 is 16.9 Å². The van der Waals surface area contributed by atoms with Crippen molar-refractivity contribution in [3.63, 3.8) is 0 Å². The van der Waals surface area contributed by atoms with Crippen LogP contribution in [-0.2, 0) is 13.0 Å². The molecule has 0 aliphatic rings. The summed E-state index contributed by atoms with van der Waals surface area (Å²) in [6.45, 7) is 2.51. The summed E-state index contributed by atoms with van der Waals surface area (Å²) in [5.41, 5.74) is 2.36. The molecule has 1 heterocycles. The number of methoxy groups -OCH3 is 2. The molecule has 1 aromatic heterocycles. The number of ether oxygens (including phenoxy) is 2. The molecule has 1 amide bonds. The van der Waals surface area contributed by atoms with E-state index in [0.29, 0.717) is 23.6 Å². The monoisotopic (exact) mass is 353 g/mol. The van der Waals surface area contributed by atoms with Gasteiger partial charge in [-0.05, 0) is 24.3 Å². The first-order valence-electron chi connectivity index (χ1n) is 8.55. The normalized spacial score (nSPS) is 10.8. The van der Waals surface area contributed by atoms with Crippen LogP contribution in [0.3, 0.4) is 0 Å². The van der Waals surface area contributed by atoms with Crippen LogP contribution in [-0.4, -0.2) is 32.1 Å². The number of fused-ring (bicyclic) bond motifs is 1. The molecule has 0 spiro atoms. The number of hydrogen-bond donors (Lipinski definition) is 0. The van der Waals surface area contributed by atoms with E-state index in [1.807, 2.05) is 31.2 Å². The molecule has 0 bridgehead atoms. The number of furan rings is 1. The van der Waals surface area contributed by atoms with Crippen LogP contribution in [0.1, 0.15) is 28.6 Å². The number of amides is 1. The standard InChI is InChI=1S/C21H23NO4/c1-5-18-17(15-8-6-7-9-20(15)26-18)13-22(2)21(23)16-12-14(24-3)10-11-19(16)25-4/h6-12H,5,13H2,1-4H3. The molecule has 0 atom stereocenters. The smallest absolute Gasteiger partial charge is 0.257 e. The minimum absolute atomic E-state index is 0.131. The van der Waals surface area contributed by atoms with Gasteiger partial charge < -0.3 is 18.8 Å². The van der Waals surface area contributed by atoms with Crippen LogP contribution in [0.25, 0.3) is 11.0 Å². The number of nitrogens with zero attached hydrogens (tertiary/aromatic N) is 1. The molecular weight excluding hydrogens is 330 g/mol. The van der Waals surface area contributed by atoms with Crippen LogP contribution in [0.4, 0.5) is 0 Å². The number of carbonyl (C=O) groups excluding carboxylic acids is 1. The van der Waals surface area contributed by atoms with Gasteiger partial charge in [-0.2, -0.15) is 0 Å². The Balaban J connectivity index is 1.94. The lowest BCUT2D eigenvalue weighted by Crippen LogP contribution is -2.27. The molecular formula is C21H23NO4. The van der Waals surface area contributed by atoms with Crippen LogP contribution in [0.5, 0.6) is 11.5 Å². The zero-order valence-corrected chi connectivity index (χ0v) is 15.5. The van der Waals surface area contributed by atoms with E-state index < -0.39 is 0 Å². The van der Waals surface area contributed by atoms with Crippen molar-refractivity contribution in [1.29, 1.82) is 0 Å². The van der Waals surface area contributed by atoms with Crippen LogP contribution in [0, 0.1) is 0 Å². The molecule has 26 heavy (non-hydrogen) atoms. The largest absolute Gasteiger partial charge is 0.497 e. The molecule has 3 aromatic rings. The maximum Gasteiger partial charge on any atom is 0.257 e. The third-order valence-corrected chi connectivity index (χ3v) is 4.48. The molecule has 0 fully saturated rings. The lowest BCUT2D eigenvalue weighted by atomic mass is 10.1. The molecule has 136 valence electrons. The van der Waals surface area contributed by atoms with Crippen LogP contribution >= 0.6 is 0 Å². The lowest BCUT2D eigenvalue weighted by molar-refractivity contribution is 0.0781. The third-order valence-electron chi connectivity index (χ3n) is 4.48. The van der Waals surface area contributed by atoms with Crippen molar-refractivity contribution in [3.05, 3.63) is 59.4 Å². The van der Waals surface area contributed by atoms with Gasteiger partial charge in [-0.15, -0.1) is 0 Å². The maximum atomic E-state index is 13.0. The maximum absolute atomic E-state index is 13.0. The van der Waals surface area contributed by atoms with Gasteiger partial charge in [-0.25, -0.2) is 0 Å². The highest BCUT2D eigenvalue weighted by molar-refractivity contribution is 5.97. The number of carbonyl (C=O) groups is 1. The Morgan fingerprint density at radius 2 is 1.88 bits per heavy atom. The Labute approximate surface area is 153 Å². The van der Waals surface area contributed by atoms with E-state index >= 15 is 0 Å². The summed E-state index contributed by atoms with van der Waals surface area (Å²) in [7, 11) is 4.91. The Morgan fingerprint density at radius 1 is 1.12 bits per heavy atom. The summed E-state index contributed by atoms with van der Waals surface area (Å²) in [5, 5.41) is 1.04. The Bertz CT molecular complexity index is 929. The topological polar surface area (TPSA) is 51.9 Å². The van der Waals surface area contributed by atoms with Crippen LogP contribution in [0.15, 0.2) is 46.9 Å². The highest BCUT2D eigenvalue weighted by Gasteiger charge is 2.21. The van der Waals surface area contributed by atoms with Crippen molar-refractivity contribution in [2.45, 2.75) is 19.9 Å². The van der Waals surface area contributed by atoms with E-state index in [0.717, 1.165) is 28.7 Å². The van der Waals surface area contributed by atoms with Gasteiger partial charge in [-0.3, -0.25) is 4.79 Å². The Morgan fingerprint density at radius 3 is 2.58 bits per heavy atom. The minimum atomic E-state index is -0.131. The van der Waals surface area contributed by atoms with E-state index in [-0.39, 0.29) is 5.91 Å². The molecule has 3 rings (SSSR count). The van der Waals surface area contributed by atoms with Crippen molar-refractivity contribution < 1.29 is 18.7 Å². The summed E-state index contributed by atoms with van der Waals surface area (Å²) in [4.78, 5) is 14.7. The van der Waals surface area contributed by atoms with E-state index in [1.54, 1.807) is 44.4 Å². The second-order valence-corrected chi connectivity index (χ2v) is 6.08. The molecule has 0 radical (unpaired) electrons. The van der Waals surface area contributed by atoms with Gasteiger partial charge in [0, 0.05) is 31.0 Å². The average Bonchev–Trinajstić information content (AvgIpc) is 3.04. The van der Waals surface area contributed by atoms with Crippen molar-refractivity contribution in [1.82, 2.24) is 4.90 Å². The Hall–Kier alpha value is -2.95. The number of aryl methyl sites for hydroxylation is 1. The fraction of sp³-hybridized carbons (Fsp3) is 0.286. The van der Waals surface area contributed by atoms with Gasteiger partial charge >= 0.3 is 0 Å². The third kappa shape index (κ3) is 3.25. The number of hydrogen-bond acceptors (Lipinski definition) is 4. The van der Waals surface area contributed by atoms with Gasteiger partial charge in [0.2, 0.25) is 0 Å². The molecule has 0 unspecified atom stereocenters. The van der Waals surface area contributed by atoms with Crippen molar-refractivity contribution in [2.24, 2.45) is 0 Å². The second-order valence-electron chi connectivity index (χ2n) is 6.08. The molecule has 5 heteroatoms. The molecule has 2 aromatic carbocycles. The first-order valence-corrected chi connectivity index (χ1v) is 8.55. The van der Waals surface area contributed by atoms with E-state index in [4.69, 9.17) is 13.9 Å². The lowest BCUT2D eigenvalue weighted by Gasteiger charge is -2.19. The molecule has 0 saturated carbocycles. The predicted octanol–water partition coefficient (Wildman–Crippen LogP) is 4.28. The van der Waals surface area contributed by atoms with Gasteiger partial charge in [0.05, 0.1) is 19.8 Å². The van der Waals surface area contributed by atoms with E-state index in [9.17, 15) is 4.79 Å². The van der Waals surface area contributed by atoms with Gasteiger partial charge in [0.1, 0.15) is 22.8 Å². The molecule has 0 N–H and O–H groups in total. The summed E-state index contributed by atoms with van der Waals surface area (Å²) in [6.07, 6.45) is 0.772. The number of para-hydroxylation sites is 1. The first-order chi connectivity index (χ1) is 12.6. The van der Waals surface area contributed by atoms with Gasteiger partial charge in [-0.1, -0.05) is 25.1 Å². The van der Waals surface area contributed by atoms with Crippen LogP contribution < -0.4 is 9.47 Å². The highest BCUT2D eigenvalue weighted by atomic mass is 16.5. The Kier molecular flexibility index (Phi) is 5.16. The second kappa shape index (κ2) is 7.52. The zero-order valence-electron chi connectivity index (χ0n) is 15.5. The summed E-state index contributed by atoms with van der Waals surface area (Å²) in [5.74, 6) is 1.91. The van der Waals surface area contributed by atoms with Gasteiger partial charge in [0.25, 0.3) is 5.91 Å². The fourth-order valence-corrected chi connectivity index (χ4v) is 3.10. The SMILES string of the molecule is CCc1oc2ccccc2c1CN(C)C(=O)c1cc(OC)ccc1OC. The molecule has 0 aliphatic carbocycles.